The first-order valence-corrected chi connectivity index (χ1v) is 10.5. The van der Waals surface area contributed by atoms with Crippen molar-refractivity contribution in [2.24, 2.45) is 0 Å². The van der Waals surface area contributed by atoms with Crippen LogP contribution >= 0.6 is 11.8 Å². The van der Waals surface area contributed by atoms with Gasteiger partial charge < -0.3 is 9.47 Å². The van der Waals surface area contributed by atoms with Crippen LogP contribution in [0.3, 0.4) is 0 Å². The molecule has 1 unspecified atom stereocenters. The number of ether oxygens (including phenoxy) is 2. The Bertz CT molecular complexity index is 1090. The number of thioether (sulfide) groups is 1. The molecule has 0 spiro atoms. The highest BCUT2D eigenvalue weighted by Crippen LogP contribution is 2.43. The van der Waals surface area contributed by atoms with Crippen LogP contribution in [-0.4, -0.2) is 34.0 Å². The smallest absolute Gasteiger partial charge is 0.247 e. The second-order valence-electron chi connectivity index (χ2n) is 6.50. The molecule has 0 fully saturated rings. The van der Waals surface area contributed by atoms with Gasteiger partial charge in [-0.1, -0.05) is 42.6 Å². The van der Waals surface area contributed by atoms with Gasteiger partial charge in [-0.25, -0.2) is 0 Å². The average molecular weight is 420 g/mol. The van der Waals surface area contributed by atoms with Crippen molar-refractivity contribution in [1.82, 2.24) is 15.2 Å². The highest BCUT2D eigenvalue weighted by Gasteiger charge is 2.34. The molecule has 8 heteroatoms. The Morgan fingerprint density at radius 1 is 1.23 bits per heavy atom. The summed E-state index contributed by atoms with van der Waals surface area (Å²) in [5.41, 5.74) is 2.71. The fourth-order valence-corrected chi connectivity index (χ4v) is 3.54. The second-order valence-corrected chi connectivity index (χ2v) is 7.27. The van der Waals surface area contributed by atoms with Crippen molar-refractivity contribution in [2.45, 2.75) is 18.3 Å². The first kappa shape index (κ1) is 19.9. The highest BCUT2D eigenvalue weighted by atomic mass is 32.2. The maximum atomic E-state index is 12.7. The lowest BCUT2D eigenvalue weighted by atomic mass is 10.1. The van der Waals surface area contributed by atoms with E-state index < -0.39 is 6.23 Å². The van der Waals surface area contributed by atoms with Crippen molar-refractivity contribution < 1.29 is 14.3 Å². The van der Waals surface area contributed by atoms with E-state index in [0.717, 1.165) is 11.1 Å². The number of amides is 1. The Hall–Kier alpha value is -3.39. The minimum Gasteiger partial charge on any atom is -0.490 e. The molecule has 4 rings (SSSR count). The molecule has 1 aliphatic heterocycles. The first-order chi connectivity index (χ1) is 14.6. The van der Waals surface area contributed by atoms with Gasteiger partial charge in [0.1, 0.15) is 12.4 Å². The van der Waals surface area contributed by atoms with Crippen molar-refractivity contribution in [2.75, 3.05) is 17.8 Å². The molecule has 0 saturated carbocycles. The first-order valence-electron chi connectivity index (χ1n) is 9.30. The summed E-state index contributed by atoms with van der Waals surface area (Å²) in [5, 5.41) is 8.98. The van der Waals surface area contributed by atoms with Crippen LogP contribution in [0.2, 0.25) is 0 Å². The molecule has 0 N–H and O–H groups in total. The van der Waals surface area contributed by atoms with Crippen LogP contribution in [0.5, 0.6) is 11.6 Å². The predicted molar refractivity (Wildman–Crippen MR) is 116 cm³/mol. The van der Waals surface area contributed by atoms with Crippen molar-refractivity contribution in [1.29, 1.82) is 0 Å². The molecular weight excluding hydrogens is 400 g/mol. The Balaban J connectivity index is 1.85. The van der Waals surface area contributed by atoms with Crippen LogP contribution in [0.15, 0.2) is 66.3 Å². The van der Waals surface area contributed by atoms with Gasteiger partial charge in [0, 0.05) is 18.1 Å². The molecule has 3 aromatic rings. The molecule has 1 atom stereocenters. The zero-order chi connectivity index (χ0) is 21.1. The number of benzene rings is 2. The zero-order valence-corrected chi connectivity index (χ0v) is 17.4. The molecule has 0 bridgehead atoms. The van der Waals surface area contributed by atoms with E-state index in [9.17, 15) is 4.79 Å². The van der Waals surface area contributed by atoms with Gasteiger partial charge in [0.15, 0.2) is 5.69 Å². The topological polar surface area (TPSA) is 77.4 Å². The SMILES string of the molecule is C=CCOc1ccc(C2Oc3nc(SC)nnc3-c3ccccc3N2C(C)=O)cc1. The number of para-hydroxylation sites is 1. The van der Waals surface area contributed by atoms with E-state index >= 15 is 0 Å². The van der Waals surface area contributed by atoms with Gasteiger partial charge in [0.2, 0.25) is 23.2 Å². The van der Waals surface area contributed by atoms with Crippen LogP contribution in [0.25, 0.3) is 11.3 Å². The lowest BCUT2D eigenvalue weighted by molar-refractivity contribution is -0.118. The second kappa shape index (κ2) is 8.54. The quantitative estimate of drug-likeness (QED) is 0.451. The van der Waals surface area contributed by atoms with Gasteiger partial charge in [-0.2, -0.15) is 4.98 Å². The fourth-order valence-electron chi connectivity index (χ4n) is 3.24. The van der Waals surface area contributed by atoms with Crippen molar-refractivity contribution in [3.8, 4) is 22.9 Å². The minimum absolute atomic E-state index is 0.162. The molecule has 30 heavy (non-hydrogen) atoms. The molecule has 2 heterocycles. The molecule has 0 aliphatic carbocycles. The maximum absolute atomic E-state index is 12.7. The van der Waals surface area contributed by atoms with Gasteiger partial charge in [0.25, 0.3) is 0 Å². The standard InChI is InChI=1S/C22H20N4O3S/c1-4-13-28-16-11-9-15(10-12-16)21-26(14(2)27)18-8-6-5-7-17(18)19-20(29-21)23-22(30-3)25-24-19/h4-12,21H,1,13H2,2-3H3. The van der Waals surface area contributed by atoms with Crippen LogP contribution in [0.1, 0.15) is 18.7 Å². The molecular formula is C22H20N4O3S. The third-order valence-corrected chi connectivity index (χ3v) is 5.10. The number of nitrogens with zero attached hydrogens (tertiary/aromatic N) is 4. The maximum Gasteiger partial charge on any atom is 0.247 e. The van der Waals surface area contributed by atoms with Crippen LogP contribution in [0.4, 0.5) is 5.69 Å². The van der Waals surface area contributed by atoms with Gasteiger partial charge in [0.05, 0.1) is 5.69 Å². The van der Waals surface area contributed by atoms with E-state index in [-0.39, 0.29) is 5.91 Å². The predicted octanol–water partition coefficient (Wildman–Crippen LogP) is 4.27. The molecule has 152 valence electrons. The highest BCUT2D eigenvalue weighted by molar-refractivity contribution is 7.98. The van der Waals surface area contributed by atoms with E-state index in [0.29, 0.717) is 34.8 Å². The van der Waals surface area contributed by atoms with E-state index in [4.69, 9.17) is 9.47 Å². The molecule has 0 radical (unpaired) electrons. The molecule has 1 aliphatic rings. The minimum atomic E-state index is -0.718. The van der Waals surface area contributed by atoms with Crippen LogP contribution in [-0.2, 0) is 4.79 Å². The van der Waals surface area contributed by atoms with Gasteiger partial charge >= 0.3 is 0 Å². The summed E-state index contributed by atoms with van der Waals surface area (Å²) in [7, 11) is 0. The summed E-state index contributed by atoms with van der Waals surface area (Å²) >= 11 is 1.37. The van der Waals surface area contributed by atoms with Gasteiger partial charge in [-0.3, -0.25) is 9.69 Å². The zero-order valence-electron chi connectivity index (χ0n) is 16.6. The van der Waals surface area contributed by atoms with E-state index in [1.165, 1.54) is 18.7 Å². The number of hydrogen-bond acceptors (Lipinski definition) is 7. The number of aromatic nitrogens is 3. The molecule has 1 aromatic heterocycles. The monoisotopic (exact) mass is 420 g/mol. The molecule has 2 aromatic carbocycles. The summed E-state index contributed by atoms with van der Waals surface area (Å²) in [6.07, 6.45) is 2.84. The Labute approximate surface area is 178 Å². The summed E-state index contributed by atoms with van der Waals surface area (Å²) in [5.74, 6) is 0.879. The molecule has 7 nitrogen and oxygen atoms in total. The third kappa shape index (κ3) is 3.73. The van der Waals surface area contributed by atoms with E-state index in [2.05, 4.69) is 21.8 Å². The Kier molecular flexibility index (Phi) is 5.67. The summed E-state index contributed by atoms with van der Waals surface area (Å²) in [6, 6.07) is 14.9. The van der Waals surface area contributed by atoms with Crippen molar-refractivity contribution >= 4 is 23.4 Å². The average Bonchev–Trinajstić information content (AvgIpc) is 2.92. The number of rotatable bonds is 5. The van der Waals surface area contributed by atoms with Crippen LogP contribution < -0.4 is 14.4 Å². The summed E-state index contributed by atoms with van der Waals surface area (Å²) < 4.78 is 11.9. The lowest BCUT2D eigenvalue weighted by Gasteiger charge is -2.30. The Morgan fingerprint density at radius 2 is 2.00 bits per heavy atom. The normalized spacial score (nSPS) is 14.7. The molecule has 1 amide bonds. The number of hydrogen-bond donors (Lipinski definition) is 0. The van der Waals surface area contributed by atoms with E-state index in [1.807, 2.05) is 54.8 Å². The summed E-state index contributed by atoms with van der Waals surface area (Å²) in [4.78, 5) is 18.8. The van der Waals surface area contributed by atoms with Gasteiger partial charge in [-0.15, -0.1) is 10.2 Å². The van der Waals surface area contributed by atoms with Gasteiger partial charge in [-0.05, 0) is 36.6 Å². The van der Waals surface area contributed by atoms with E-state index in [1.54, 1.807) is 11.0 Å². The number of carbonyl (C=O) groups is 1. The van der Waals surface area contributed by atoms with Crippen molar-refractivity contribution in [3.63, 3.8) is 0 Å². The van der Waals surface area contributed by atoms with Crippen LogP contribution in [0, 0.1) is 0 Å². The number of carbonyl (C=O) groups excluding carboxylic acids is 1. The number of fused-ring (bicyclic) bond motifs is 3. The largest absolute Gasteiger partial charge is 0.490 e. The summed E-state index contributed by atoms with van der Waals surface area (Å²) in [6.45, 7) is 5.58. The lowest BCUT2D eigenvalue weighted by Crippen LogP contribution is -2.36. The van der Waals surface area contributed by atoms with Crippen molar-refractivity contribution in [3.05, 3.63) is 66.7 Å². The molecule has 0 saturated heterocycles. The fraction of sp³-hybridized carbons (Fsp3) is 0.182. The Morgan fingerprint density at radius 3 is 2.70 bits per heavy atom. The third-order valence-electron chi connectivity index (χ3n) is 4.57. The number of anilines is 1.